The van der Waals surface area contributed by atoms with Gasteiger partial charge < -0.3 is 10.1 Å². The maximum Gasteiger partial charge on any atom is 0.246 e. The number of hydrogen-bond acceptors (Lipinski definition) is 4. The highest BCUT2D eigenvalue weighted by Crippen LogP contribution is 2.31. The van der Waals surface area contributed by atoms with Crippen LogP contribution in [0.3, 0.4) is 0 Å². The molecule has 1 aliphatic heterocycles. The van der Waals surface area contributed by atoms with E-state index in [4.69, 9.17) is 16.3 Å². The first-order valence-electron chi connectivity index (χ1n) is 9.02. The topological polar surface area (TPSA) is 75.7 Å². The van der Waals surface area contributed by atoms with Crippen molar-refractivity contribution in [2.24, 2.45) is 5.92 Å². The molecule has 0 aromatic heterocycles. The Hall–Kier alpha value is -2.09. The summed E-state index contributed by atoms with van der Waals surface area (Å²) in [4.78, 5) is 12.7. The minimum absolute atomic E-state index is 0.118. The number of carbonyl (C=O) groups is 1. The second kappa shape index (κ2) is 8.51. The van der Waals surface area contributed by atoms with Crippen molar-refractivity contribution in [3.8, 4) is 5.75 Å². The van der Waals surface area contributed by atoms with Gasteiger partial charge in [0, 0.05) is 29.7 Å². The number of aryl methyl sites for hydroxylation is 1. The van der Waals surface area contributed by atoms with Crippen LogP contribution in [0, 0.1) is 12.8 Å². The van der Waals surface area contributed by atoms with Gasteiger partial charge in [0.15, 0.2) is 0 Å². The molecule has 1 amide bonds. The maximum absolute atomic E-state index is 13.1. The molecule has 2 aromatic rings. The predicted octanol–water partition coefficient (Wildman–Crippen LogP) is 3.70. The van der Waals surface area contributed by atoms with Crippen LogP contribution < -0.4 is 10.1 Å². The number of methoxy groups -OCH3 is 1. The molecule has 0 spiro atoms. The van der Waals surface area contributed by atoms with E-state index in [-0.39, 0.29) is 29.8 Å². The lowest BCUT2D eigenvalue weighted by atomic mass is 9.97. The molecule has 150 valence electrons. The van der Waals surface area contributed by atoms with Crippen molar-refractivity contribution < 1.29 is 17.9 Å². The number of rotatable bonds is 5. The van der Waals surface area contributed by atoms with Gasteiger partial charge in [0.1, 0.15) is 10.6 Å². The van der Waals surface area contributed by atoms with Gasteiger partial charge in [0.25, 0.3) is 0 Å². The summed E-state index contributed by atoms with van der Waals surface area (Å²) in [6.45, 7) is 2.41. The number of sulfonamides is 1. The van der Waals surface area contributed by atoms with Gasteiger partial charge in [0.2, 0.25) is 15.9 Å². The maximum atomic E-state index is 13.1. The second-order valence-corrected chi connectivity index (χ2v) is 9.18. The number of nitrogens with one attached hydrogen (secondary N) is 1. The Morgan fingerprint density at radius 1 is 1.18 bits per heavy atom. The predicted molar refractivity (Wildman–Crippen MR) is 109 cm³/mol. The molecule has 1 fully saturated rings. The standard InChI is InChI=1S/C20H23ClN2O4S/c1-14-6-7-18(27-2)19(12-14)28(25,26)23-10-8-15(9-11-23)20(24)22-17-5-3-4-16(21)13-17/h3-7,12-13,15H,8-11H2,1-2H3,(H,22,24). The monoisotopic (exact) mass is 422 g/mol. The Kier molecular flexibility index (Phi) is 6.27. The van der Waals surface area contributed by atoms with Gasteiger partial charge in [-0.2, -0.15) is 4.31 Å². The van der Waals surface area contributed by atoms with Crippen LogP contribution in [0.4, 0.5) is 5.69 Å². The molecule has 0 unspecified atom stereocenters. The highest BCUT2D eigenvalue weighted by Gasteiger charge is 2.33. The van der Waals surface area contributed by atoms with E-state index in [2.05, 4.69) is 5.32 Å². The Labute approximate surface area is 170 Å². The third-order valence-electron chi connectivity index (χ3n) is 4.85. The first-order chi connectivity index (χ1) is 13.3. The van der Waals surface area contributed by atoms with Gasteiger partial charge in [-0.25, -0.2) is 8.42 Å². The minimum atomic E-state index is -3.68. The third-order valence-corrected chi connectivity index (χ3v) is 7.01. The normalized spacial score (nSPS) is 16.0. The van der Waals surface area contributed by atoms with E-state index in [0.29, 0.717) is 29.3 Å². The lowest BCUT2D eigenvalue weighted by Gasteiger charge is -2.31. The smallest absolute Gasteiger partial charge is 0.246 e. The fourth-order valence-electron chi connectivity index (χ4n) is 3.29. The fraction of sp³-hybridized carbons (Fsp3) is 0.350. The number of piperidine rings is 1. The molecule has 0 bridgehead atoms. The fourth-order valence-corrected chi connectivity index (χ4v) is 5.19. The molecule has 1 heterocycles. The van der Waals surface area contributed by atoms with Gasteiger partial charge in [0.05, 0.1) is 7.11 Å². The highest BCUT2D eigenvalue weighted by molar-refractivity contribution is 7.89. The third kappa shape index (κ3) is 4.48. The summed E-state index contributed by atoms with van der Waals surface area (Å²) < 4.78 is 32.8. The number of ether oxygens (including phenoxy) is 1. The quantitative estimate of drug-likeness (QED) is 0.797. The van der Waals surface area contributed by atoms with Gasteiger partial charge in [-0.1, -0.05) is 23.7 Å². The summed E-state index contributed by atoms with van der Waals surface area (Å²) in [5.41, 5.74) is 1.48. The molecule has 1 aliphatic rings. The van der Waals surface area contributed by atoms with Crippen LogP contribution in [0.15, 0.2) is 47.4 Å². The van der Waals surface area contributed by atoms with Crippen LogP contribution in [-0.2, 0) is 14.8 Å². The number of nitrogens with zero attached hydrogens (tertiary/aromatic N) is 1. The first-order valence-corrected chi connectivity index (χ1v) is 10.8. The number of anilines is 1. The average molecular weight is 423 g/mol. The van der Waals surface area contributed by atoms with E-state index in [1.54, 1.807) is 36.4 Å². The molecule has 6 nitrogen and oxygen atoms in total. The Bertz CT molecular complexity index is 970. The molecule has 1 N–H and O–H groups in total. The average Bonchev–Trinajstić information content (AvgIpc) is 2.68. The van der Waals surface area contributed by atoms with Crippen molar-refractivity contribution >= 4 is 33.2 Å². The summed E-state index contributed by atoms with van der Waals surface area (Å²) in [5.74, 6) is -0.0382. The van der Waals surface area contributed by atoms with E-state index in [1.807, 2.05) is 13.0 Å². The zero-order valence-corrected chi connectivity index (χ0v) is 17.4. The van der Waals surface area contributed by atoms with Crippen molar-refractivity contribution in [2.75, 3.05) is 25.5 Å². The zero-order valence-electron chi connectivity index (χ0n) is 15.8. The summed E-state index contributed by atoms with van der Waals surface area (Å²) in [7, 11) is -2.23. The second-order valence-electron chi connectivity index (χ2n) is 6.83. The number of halogens is 1. The molecular weight excluding hydrogens is 400 g/mol. The van der Waals surface area contributed by atoms with Gasteiger partial charge >= 0.3 is 0 Å². The van der Waals surface area contributed by atoms with Crippen LogP contribution >= 0.6 is 11.6 Å². The molecule has 0 aliphatic carbocycles. The van der Waals surface area contributed by atoms with Gasteiger partial charge in [-0.05, 0) is 55.7 Å². The molecule has 0 saturated carbocycles. The minimum Gasteiger partial charge on any atom is -0.495 e. The summed E-state index contributed by atoms with van der Waals surface area (Å²) in [6, 6.07) is 12.0. The van der Waals surface area contributed by atoms with Crippen molar-refractivity contribution in [2.45, 2.75) is 24.7 Å². The summed E-state index contributed by atoms with van der Waals surface area (Å²) in [6.07, 6.45) is 0.916. The van der Waals surface area contributed by atoms with Crippen molar-refractivity contribution in [3.63, 3.8) is 0 Å². The van der Waals surface area contributed by atoms with E-state index < -0.39 is 10.0 Å². The molecule has 3 rings (SSSR count). The van der Waals surface area contributed by atoms with E-state index in [0.717, 1.165) is 5.56 Å². The Morgan fingerprint density at radius 2 is 1.89 bits per heavy atom. The number of benzene rings is 2. The lowest BCUT2D eigenvalue weighted by molar-refractivity contribution is -0.120. The molecule has 1 saturated heterocycles. The zero-order chi connectivity index (χ0) is 20.3. The van der Waals surface area contributed by atoms with Crippen LogP contribution in [0.2, 0.25) is 5.02 Å². The molecular formula is C20H23ClN2O4S. The van der Waals surface area contributed by atoms with Gasteiger partial charge in [-0.15, -0.1) is 0 Å². The summed E-state index contributed by atoms with van der Waals surface area (Å²) >= 11 is 5.94. The van der Waals surface area contributed by atoms with Crippen LogP contribution in [0.5, 0.6) is 5.75 Å². The van der Waals surface area contributed by atoms with E-state index in [1.165, 1.54) is 11.4 Å². The largest absolute Gasteiger partial charge is 0.495 e. The molecule has 8 heteroatoms. The molecule has 2 aromatic carbocycles. The van der Waals surface area contributed by atoms with Crippen LogP contribution in [0.25, 0.3) is 0 Å². The highest BCUT2D eigenvalue weighted by atomic mass is 35.5. The Morgan fingerprint density at radius 3 is 2.54 bits per heavy atom. The number of hydrogen-bond donors (Lipinski definition) is 1. The first kappa shape index (κ1) is 20.6. The lowest BCUT2D eigenvalue weighted by Crippen LogP contribution is -2.41. The van der Waals surface area contributed by atoms with Gasteiger partial charge in [-0.3, -0.25) is 4.79 Å². The van der Waals surface area contributed by atoms with Crippen molar-refractivity contribution in [1.82, 2.24) is 4.31 Å². The Balaban J connectivity index is 1.68. The SMILES string of the molecule is COc1ccc(C)cc1S(=O)(=O)N1CCC(C(=O)Nc2cccc(Cl)c2)CC1. The van der Waals surface area contributed by atoms with Crippen LogP contribution in [0.1, 0.15) is 18.4 Å². The van der Waals surface area contributed by atoms with Crippen molar-refractivity contribution in [1.29, 1.82) is 0 Å². The van der Waals surface area contributed by atoms with Crippen molar-refractivity contribution in [3.05, 3.63) is 53.1 Å². The van der Waals surface area contributed by atoms with E-state index >= 15 is 0 Å². The van der Waals surface area contributed by atoms with Crippen LogP contribution in [-0.4, -0.2) is 38.8 Å². The summed E-state index contributed by atoms with van der Waals surface area (Å²) in [5, 5.41) is 3.40. The van der Waals surface area contributed by atoms with E-state index in [9.17, 15) is 13.2 Å². The number of carbonyl (C=O) groups excluding carboxylic acids is 1. The number of amides is 1. The molecule has 0 atom stereocenters. The molecule has 0 radical (unpaired) electrons. The molecule has 28 heavy (non-hydrogen) atoms.